The molecule has 82 valence electrons. The van der Waals surface area contributed by atoms with Crippen LogP contribution >= 0.6 is 0 Å². The topological polar surface area (TPSA) is 75.4 Å². The smallest absolute Gasteiger partial charge is 0.228 e. The van der Waals surface area contributed by atoms with Crippen LogP contribution in [0.3, 0.4) is 0 Å². The van der Waals surface area contributed by atoms with Gasteiger partial charge in [0.2, 0.25) is 5.91 Å². The Morgan fingerprint density at radius 1 is 1.33 bits per heavy atom. The molecule has 1 amide bonds. The zero-order valence-electron chi connectivity index (χ0n) is 8.90. The van der Waals surface area contributed by atoms with Crippen molar-refractivity contribution in [3.8, 4) is 5.75 Å². The third-order valence-corrected chi connectivity index (χ3v) is 2.34. The molecule has 4 N–H and O–H groups in total. The summed E-state index contributed by atoms with van der Waals surface area (Å²) in [5.41, 5.74) is 6.27. The number of hydrogen-bond donors (Lipinski definition) is 3. The predicted molar refractivity (Wildman–Crippen MR) is 59.5 cm³/mol. The second kappa shape index (κ2) is 4.79. The van der Waals surface area contributed by atoms with Crippen LogP contribution in [0.2, 0.25) is 0 Å². The highest BCUT2D eigenvalue weighted by Gasteiger charge is 2.16. The fraction of sp³-hybridized carbons (Fsp3) is 0.364. The number of nitrogens with one attached hydrogen (secondary N) is 1. The number of phenolic OH excluding ortho intramolecular Hbond substituents is 1. The largest absolute Gasteiger partial charge is 0.508 e. The predicted octanol–water partition coefficient (Wildman–Crippen LogP) is 1.31. The summed E-state index contributed by atoms with van der Waals surface area (Å²) in [4.78, 5) is 11.6. The Kier molecular flexibility index (Phi) is 3.68. The molecule has 0 saturated heterocycles. The van der Waals surface area contributed by atoms with Crippen LogP contribution in [0.4, 0.5) is 5.69 Å². The van der Waals surface area contributed by atoms with Crippen molar-refractivity contribution in [2.75, 3.05) is 5.32 Å². The average molecular weight is 208 g/mol. The van der Waals surface area contributed by atoms with Gasteiger partial charge >= 0.3 is 0 Å². The lowest BCUT2D eigenvalue weighted by atomic mass is 10.0. The molecule has 0 fully saturated rings. The summed E-state index contributed by atoms with van der Waals surface area (Å²) < 4.78 is 0. The SMILES string of the molecule is CC(N)C(C)C(=O)Nc1ccc(O)cc1. The number of hydrogen-bond acceptors (Lipinski definition) is 3. The Bertz CT molecular complexity index is 333. The molecule has 0 aliphatic carbocycles. The zero-order valence-corrected chi connectivity index (χ0v) is 8.90. The monoisotopic (exact) mass is 208 g/mol. The van der Waals surface area contributed by atoms with E-state index in [1.807, 2.05) is 0 Å². The first-order valence-electron chi connectivity index (χ1n) is 4.86. The van der Waals surface area contributed by atoms with Gasteiger partial charge < -0.3 is 16.2 Å². The van der Waals surface area contributed by atoms with Gasteiger partial charge in [0, 0.05) is 11.7 Å². The van der Waals surface area contributed by atoms with Crippen LogP contribution in [0.1, 0.15) is 13.8 Å². The minimum atomic E-state index is -0.237. The van der Waals surface area contributed by atoms with E-state index < -0.39 is 0 Å². The van der Waals surface area contributed by atoms with Crippen LogP contribution in [0, 0.1) is 5.92 Å². The van der Waals surface area contributed by atoms with Crippen LogP contribution in [0.15, 0.2) is 24.3 Å². The molecule has 2 unspecified atom stereocenters. The fourth-order valence-electron chi connectivity index (χ4n) is 1.04. The first-order valence-corrected chi connectivity index (χ1v) is 4.86. The number of carbonyl (C=O) groups excluding carboxylic acids is 1. The number of aromatic hydroxyl groups is 1. The lowest BCUT2D eigenvalue weighted by molar-refractivity contribution is -0.119. The Hall–Kier alpha value is -1.55. The zero-order chi connectivity index (χ0) is 11.4. The molecule has 0 aliphatic rings. The molecule has 0 saturated carbocycles. The number of carbonyl (C=O) groups is 1. The number of anilines is 1. The molecule has 0 heterocycles. The number of amides is 1. The minimum Gasteiger partial charge on any atom is -0.508 e. The molecule has 0 aliphatic heterocycles. The van der Waals surface area contributed by atoms with Crippen molar-refractivity contribution < 1.29 is 9.90 Å². The van der Waals surface area contributed by atoms with E-state index in [0.29, 0.717) is 5.69 Å². The van der Waals surface area contributed by atoms with E-state index in [1.165, 1.54) is 12.1 Å². The van der Waals surface area contributed by atoms with E-state index in [-0.39, 0.29) is 23.6 Å². The van der Waals surface area contributed by atoms with Gasteiger partial charge in [0.25, 0.3) is 0 Å². The summed E-state index contributed by atoms with van der Waals surface area (Å²) in [6.07, 6.45) is 0. The molecule has 2 atom stereocenters. The van der Waals surface area contributed by atoms with Crippen LogP contribution in [-0.2, 0) is 4.79 Å². The Morgan fingerprint density at radius 2 is 1.87 bits per heavy atom. The van der Waals surface area contributed by atoms with Crippen LogP contribution < -0.4 is 11.1 Å². The van der Waals surface area contributed by atoms with Gasteiger partial charge in [-0.15, -0.1) is 0 Å². The average Bonchev–Trinajstić information content (AvgIpc) is 2.20. The molecule has 0 aromatic heterocycles. The normalized spacial score (nSPS) is 14.3. The van der Waals surface area contributed by atoms with Crippen LogP contribution in [0.25, 0.3) is 0 Å². The van der Waals surface area contributed by atoms with Crippen molar-refractivity contribution in [1.29, 1.82) is 0 Å². The van der Waals surface area contributed by atoms with Gasteiger partial charge in [-0.3, -0.25) is 4.79 Å². The Balaban J connectivity index is 2.62. The summed E-state index contributed by atoms with van der Waals surface area (Å²) in [5.74, 6) is -0.178. The van der Waals surface area contributed by atoms with E-state index in [4.69, 9.17) is 10.8 Å². The lowest BCUT2D eigenvalue weighted by Crippen LogP contribution is -2.34. The molecule has 0 bridgehead atoms. The molecule has 1 aromatic carbocycles. The van der Waals surface area contributed by atoms with Crippen molar-refractivity contribution >= 4 is 11.6 Å². The first kappa shape index (κ1) is 11.5. The van der Waals surface area contributed by atoms with Gasteiger partial charge in [-0.2, -0.15) is 0 Å². The maximum absolute atomic E-state index is 11.6. The fourth-order valence-corrected chi connectivity index (χ4v) is 1.04. The quantitative estimate of drug-likeness (QED) is 0.656. The van der Waals surface area contributed by atoms with E-state index in [0.717, 1.165) is 0 Å². The molecular weight excluding hydrogens is 192 g/mol. The number of nitrogens with two attached hydrogens (primary N) is 1. The molecular formula is C11H16N2O2. The van der Waals surface area contributed by atoms with Crippen LogP contribution in [0.5, 0.6) is 5.75 Å². The van der Waals surface area contributed by atoms with Gasteiger partial charge in [0.1, 0.15) is 5.75 Å². The van der Waals surface area contributed by atoms with Gasteiger partial charge in [0.15, 0.2) is 0 Å². The standard InChI is InChI=1S/C11H16N2O2/c1-7(8(2)12)11(15)13-9-3-5-10(14)6-4-9/h3-8,14H,12H2,1-2H3,(H,13,15). The molecule has 4 heteroatoms. The maximum atomic E-state index is 11.6. The van der Waals surface area contributed by atoms with Crippen molar-refractivity contribution in [2.45, 2.75) is 19.9 Å². The molecule has 1 rings (SSSR count). The van der Waals surface area contributed by atoms with Gasteiger partial charge in [-0.05, 0) is 31.2 Å². The lowest BCUT2D eigenvalue weighted by Gasteiger charge is -2.15. The second-order valence-corrected chi connectivity index (χ2v) is 3.68. The number of rotatable bonds is 3. The molecule has 4 nitrogen and oxygen atoms in total. The first-order chi connectivity index (χ1) is 7.00. The van der Waals surface area contributed by atoms with E-state index in [9.17, 15) is 4.79 Å². The highest BCUT2D eigenvalue weighted by molar-refractivity contribution is 5.92. The molecule has 1 aromatic rings. The summed E-state index contributed by atoms with van der Waals surface area (Å²) in [5, 5.41) is 11.8. The summed E-state index contributed by atoms with van der Waals surface area (Å²) in [6, 6.07) is 6.14. The molecule has 0 radical (unpaired) electrons. The number of phenols is 1. The maximum Gasteiger partial charge on any atom is 0.228 e. The van der Waals surface area contributed by atoms with Crippen molar-refractivity contribution in [1.82, 2.24) is 0 Å². The highest BCUT2D eigenvalue weighted by Crippen LogP contribution is 2.14. The summed E-state index contributed by atoms with van der Waals surface area (Å²) >= 11 is 0. The van der Waals surface area contributed by atoms with Crippen molar-refractivity contribution in [2.24, 2.45) is 11.7 Å². The molecule has 15 heavy (non-hydrogen) atoms. The van der Waals surface area contributed by atoms with Gasteiger partial charge in [0.05, 0.1) is 5.92 Å². The second-order valence-electron chi connectivity index (χ2n) is 3.68. The summed E-state index contributed by atoms with van der Waals surface area (Å²) in [6.45, 7) is 3.57. The van der Waals surface area contributed by atoms with Gasteiger partial charge in [-0.1, -0.05) is 6.92 Å². The third kappa shape index (κ3) is 3.25. The van der Waals surface area contributed by atoms with E-state index >= 15 is 0 Å². The minimum absolute atomic E-state index is 0.115. The summed E-state index contributed by atoms with van der Waals surface area (Å²) in [7, 11) is 0. The van der Waals surface area contributed by atoms with Crippen molar-refractivity contribution in [3.63, 3.8) is 0 Å². The van der Waals surface area contributed by atoms with Crippen molar-refractivity contribution in [3.05, 3.63) is 24.3 Å². The Morgan fingerprint density at radius 3 is 2.33 bits per heavy atom. The number of benzene rings is 1. The van der Waals surface area contributed by atoms with Gasteiger partial charge in [-0.25, -0.2) is 0 Å². The molecule has 0 spiro atoms. The third-order valence-electron chi connectivity index (χ3n) is 2.34. The van der Waals surface area contributed by atoms with E-state index in [2.05, 4.69) is 5.32 Å². The van der Waals surface area contributed by atoms with E-state index in [1.54, 1.807) is 26.0 Å². The Labute approximate surface area is 89.1 Å². The highest BCUT2D eigenvalue weighted by atomic mass is 16.3. The van der Waals surface area contributed by atoms with Crippen LogP contribution in [-0.4, -0.2) is 17.1 Å².